The molecule has 3 unspecified atom stereocenters. The minimum atomic E-state index is -1.00. The quantitative estimate of drug-likeness (QED) is 0.238. The number of guanidine groups is 1. The van der Waals surface area contributed by atoms with Crippen molar-refractivity contribution in [3.8, 4) is 5.75 Å². The van der Waals surface area contributed by atoms with E-state index in [0.717, 1.165) is 35.4 Å². The number of rotatable bonds is 8. The van der Waals surface area contributed by atoms with Crippen molar-refractivity contribution in [3.63, 3.8) is 0 Å². The summed E-state index contributed by atoms with van der Waals surface area (Å²) in [5.41, 5.74) is 10.8. The van der Waals surface area contributed by atoms with E-state index in [1.165, 1.54) is 6.08 Å². The third-order valence-corrected chi connectivity index (χ3v) is 6.85. The zero-order valence-corrected chi connectivity index (χ0v) is 22.4. The lowest BCUT2D eigenvalue weighted by Gasteiger charge is -2.32. The van der Waals surface area contributed by atoms with Crippen molar-refractivity contribution in [2.24, 2.45) is 16.6 Å². The van der Waals surface area contributed by atoms with Crippen LogP contribution in [0.3, 0.4) is 0 Å². The van der Waals surface area contributed by atoms with Crippen LogP contribution in [0.15, 0.2) is 96.2 Å². The Morgan fingerprint density at radius 3 is 2.74 bits per heavy atom. The average Bonchev–Trinajstić information content (AvgIpc) is 2.94. The van der Waals surface area contributed by atoms with E-state index in [0.29, 0.717) is 24.4 Å². The topological polar surface area (TPSA) is 92.0 Å². The van der Waals surface area contributed by atoms with Crippen LogP contribution in [-0.4, -0.2) is 49.2 Å². The number of hydrogen-bond acceptors (Lipinski definition) is 4. The largest absolute Gasteiger partial charge is 0.487 e. The number of amides is 1. The van der Waals surface area contributed by atoms with Gasteiger partial charge >= 0.3 is 0 Å². The molecule has 2 aromatic carbocycles. The van der Waals surface area contributed by atoms with Gasteiger partial charge in [-0.1, -0.05) is 43.9 Å². The summed E-state index contributed by atoms with van der Waals surface area (Å²) >= 11 is 0. The van der Waals surface area contributed by atoms with Gasteiger partial charge in [0.15, 0.2) is 5.96 Å². The van der Waals surface area contributed by atoms with Crippen LogP contribution in [0.5, 0.6) is 5.75 Å². The molecule has 39 heavy (non-hydrogen) atoms. The summed E-state index contributed by atoms with van der Waals surface area (Å²) in [7, 11) is 1.92. The van der Waals surface area contributed by atoms with Crippen LogP contribution in [0.4, 0.5) is 15.8 Å². The van der Waals surface area contributed by atoms with Crippen LogP contribution in [0.1, 0.15) is 25.3 Å². The first-order valence-electron chi connectivity index (χ1n) is 13.2. The Morgan fingerprint density at radius 1 is 1.23 bits per heavy atom. The van der Waals surface area contributed by atoms with E-state index < -0.39 is 12.3 Å². The van der Waals surface area contributed by atoms with Crippen molar-refractivity contribution in [1.82, 2.24) is 4.90 Å². The number of halogens is 1. The highest BCUT2D eigenvalue weighted by atomic mass is 19.1. The molecule has 3 atom stereocenters. The minimum absolute atomic E-state index is 0.118. The lowest BCUT2D eigenvalue weighted by molar-refractivity contribution is -0.111. The van der Waals surface area contributed by atoms with Crippen LogP contribution < -0.4 is 21.1 Å². The third kappa shape index (κ3) is 7.45. The molecule has 8 heteroatoms. The van der Waals surface area contributed by atoms with E-state index >= 15 is 0 Å². The highest BCUT2D eigenvalue weighted by Gasteiger charge is 2.29. The van der Waals surface area contributed by atoms with Gasteiger partial charge < -0.3 is 26.0 Å². The zero-order chi connectivity index (χ0) is 27.8. The lowest BCUT2D eigenvalue weighted by atomic mass is 9.82. The van der Waals surface area contributed by atoms with Gasteiger partial charge in [-0.25, -0.2) is 9.38 Å². The second-order valence-corrected chi connectivity index (χ2v) is 9.73. The number of hydrogen-bond donors (Lipinski definition) is 3. The van der Waals surface area contributed by atoms with E-state index in [1.807, 2.05) is 60.5 Å². The number of nitrogens with two attached hydrogens (primary N) is 1. The lowest BCUT2D eigenvalue weighted by Crippen LogP contribution is -2.45. The molecule has 1 heterocycles. The Hall–Kier alpha value is -4.17. The summed E-state index contributed by atoms with van der Waals surface area (Å²) in [6.07, 6.45) is 9.24. The van der Waals surface area contributed by atoms with Crippen LogP contribution in [-0.2, 0) is 4.79 Å². The molecule has 2 aromatic rings. The van der Waals surface area contributed by atoms with Gasteiger partial charge in [0, 0.05) is 36.6 Å². The number of piperidine rings is 1. The van der Waals surface area contributed by atoms with E-state index in [2.05, 4.69) is 35.2 Å². The van der Waals surface area contributed by atoms with Gasteiger partial charge in [-0.2, -0.15) is 0 Å². The zero-order valence-electron chi connectivity index (χ0n) is 22.4. The Morgan fingerprint density at radius 2 is 2.03 bits per heavy atom. The summed E-state index contributed by atoms with van der Waals surface area (Å²) in [4.78, 5) is 18.2. The van der Waals surface area contributed by atoms with Gasteiger partial charge in [0.2, 0.25) is 5.91 Å². The number of alkyl halides is 1. The van der Waals surface area contributed by atoms with Crippen molar-refractivity contribution < 1.29 is 13.9 Å². The first kappa shape index (κ1) is 27.9. The summed E-state index contributed by atoms with van der Waals surface area (Å²) < 4.78 is 20.1. The first-order valence-corrected chi connectivity index (χ1v) is 13.2. The van der Waals surface area contributed by atoms with Gasteiger partial charge in [-0.3, -0.25) is 4.79 Å². The molecular weight excluding hydrogens is 493 g/mol. The van der Waals surface area contributed by atoms with Gasteiger partial charge in [-0.05, 0) is 79.1 Å². The summed E-state index contributed by atoms with van der Waals surface area (Å²) in [6, 6.07) is 15.0. The van der Waals surface area contributed by atoms with Gasteiger partial charge in [0.05, 0.1) is 0 Å². The number of nitrogens with zero attached hydrogens (tertiary/aromatic N) is 2. The molecule has 2 aliphatic rings. The number of nitrogens with one attached hydrogen (secondary N) is 2. The third-order valence-electron chi connectivity index (χ3n) is 6.85. The molecule has 0 aromatic heterocycles. The van der Waals surface area contributed by atoms with Crippen LogP contribution >= 0.6 is 0 Å². The van der Waals surface area contributed by atoms with Crippen LogP contribution in [0.25, 0.3) is 5.57 Å². The molecule has 1 fully saturated rings. The SMILES string of the molecule is C=CC(=O)Nc1cccc(C2=CC=C/C(=C/N=C(\N)Nc3ccc(OC4CCN(C)CC4F)cc3)C2CC)c1. The fourth-order valence-electron chi connectivity index (χ4n) is 4.81. The highest BCUT2D eigenvalue weighted by molar-refractivity contribution is 5.99. The standard InChI is InChI=1S/C31H36FN5O2/c1-4-26-22(9-7-11-27(26)21-8-6-10-24(18-21)35-30(38)5-2)19-34-31(33)36-23-12-14-25(15-13-23)39-29-16-17-37(3)20-28(29)32/h5-15,18-19,26,28-29H,2,4,16-17,20H2,1,3H3,(H,35,38)(H3,33,34,36)/b22-19-. The highest BCUT2D eigenvalue weighted by Crippen LogP contribution is 2.36. The van der Waals surface area contributed by atoms with Crippen LogP contribution in [0.2, 0.25) is 0 Å². The molecule has 1 aliphatic carbocycles. The molecule has 0 radical (unpaired) electrons. The predicted octanol–water partition coefficient (Wildman–Crippen LogP) is 5.52. The second kappa shape index (κ2) is 13.1. The molecule has 0 bridgehead atoms. The van der Waals surface area contributed by atoms with Crippen molar-refractivity contribution in [2.45, 2.75) is 32.0 Å². The normalized spacial score (nSPS) is 22.7. The molecule has 7 nitrogen and oxygen atoms in total. The number of carbonyl (C=O) groups excluding carboxylic acids is 1. The van der Waals surface area contributed by atoms with E-state index in [4.69, 9.17) is 10.5 Å². The van der Waals surface area contributed by atoms with E-state index in [-0.39, 0.29) is 17.8 Å². The maximum absolute atomic E-state index is 14.3. The Balaban J connectivity index is 1.40. The monoisotopic (exact) mass is 529 g/mol. The minimum Gasteiger partial charge on any atom is -0.487 e. The van der Waals surface area contributed by atoms with Crippen molar-refractivity contribution in [3.05, 3.63) is 96.8 Å². The molecule has 4 N–H and O–H groups in total. The molecule has 1 amide bonds. The Bertz CT molecular complexity index is 1300. The predicted molar refractivity (Wildman–Crippen MR) is 157 cm³/mol. The summed E-state index contributed by atoms with van der Waals surface area (Å²) in [5, 5.41) is 5.91. The summed E-state index contributed by atoms with van der Waals surface area (Å²) in [6.45, 7) is 6.84. The Kier molecular flexibility index (Phi) is 9.33. The molecule has 204 valence electrons. The molecule has 0 saturated carbocycles. The van der Waals surface area contributed by atoms with E-state index in [1.54, 1.807) is 18.3 Å². The number of carbonyl (C=O) groups is 1. The number of ether oxygens (including phenoxy) is 1. The fourth-order valence-corrected chi connectivity index (χ4v) is 4.81. The second-order valence-electron chi connectivity index (χ2n) is 9.73. The smallest absolute Gasteiger partial charge is 0.247 e. The number of aliphatic imine (C=N–C) groups is 1. The molecule has 1 aliphatic heterocycles. The molecule has 0 spiro atoms. The fraction of sp³-hybridized carbons (Fsp3) is 0.290. The number of benzene rings is 2. The summed E-state index contributed by atoms with van der Waals surface area (Å²) in [5.74, 6) is 0.749. The van der Waals surface area contributed by atoms with Gasteiger partial charge in [0.1, 0.15) is 18.0 Å². The maximum atomic E-state index is 14.3. The molecular formula is C31H36FN5O2. The molecule has 1 saturated heterocycles. The van der Waals surface area contributed by atoms with Gasteiger partial charge in [0.25, 0.3) is 0 Å². The Labute approximate surface area is 229 Å². The maximum Gasteiger partial charge on any atom is 0.247 e. The van der Waals surface area contributed by atoms with Crippen molar-refractivity contribution >= 4 is 28.8 Å². The van der Waals surface area contributed by atoms with Crippen molar-refractivity contribution in [2.75, 3.05) is 30.8 Å². The van der Waals surface area contributed by atoms with E-state index in [9.17, 15) is 9.18 Å². The van der Waals surface area contributed by atoms with Crippen LogP contribution in [0, 0.1) is 5.92 Å². The molecule has 4 rings (SSSR count). The number of allylic oxidation sites excluding steroid dienone is 5. The average molecular weight is 530 g/mol. The number of anilines is 2. The van der Waals surface area contributed by atoms with Gasteiger partial charge in [-0.15, -0.1) is 0 Å². The first-order chi connectivity index (χ1) is 18.9. The van der Waals surface area contributed by atoms with Crippen molar-refractivity contribution in [1.29, 1.82) is 0 Å². The number of likely N-dealkylation sites (tertiary alicyclic amines) is 1.